The van der Waals surface area contributed by atoms with E-state index < -0.39 is 0 Å². The van der Waals surface area contributed by atoms with Crippen LogP contribution in [0.15, 0.2) is 40.8 Å². The fourth-order valence-corrected chi connectivity index (χ4v) is 1.47. The Morgan fingerprint density at radius 1 is 1.47 bits per heavy atom. The van der Waals surface area contributed by atoms with Gasteiger partial charge in [0.25, 0.3) is 0 Å². The predicted molar refractivity (Wildman–Crippen MR) is 64.6 cm³/mol. The summed E-state index contributed by atoms with van der Waals surface area (Å²) in [6.45, 7) is 4.39. The zero-order valence-electron chi connectivity index (χ0n) is 9.27. The van der Waals surface area contributed by atoms with Gasteiger partial charge in [0.05, 0.1) is 5.39 Å². The lowest BCUT2D eigenvalue weighted by Crippen LogP contribution is -2.10. The highest BCUT2D eigenvalue weighted by atomic mass is 16.5. The van der Waals surface area contributed by atoms with Crippen molar-refractivity contribution in [2.45, 2.75) is 0 Å². The van der Waals surface area contributed by atoms with Crippen LogP contribution in [-0.2, 0) is 0 Å². The van der Waals surface area contributed by atoms with Crippen LogP contribution in [0.2, 0.25) is 0 Å². The molecule has 1 heterocycles. The van der Waals surface area contributed by atoms with Crippen LogP contribution in [0.3, 0.4) is 0 Å². The van der Waals surface area contributed by atoms with Gasteiger partial charge in [-0.15, -0.1) is 0 Å². The summed E-state index contributed by atoms with van der Waals surface area (Å²) >= 11 is 0. The average Bonchev–Trinajstić information content (AvgIpc) is 2.73. The second kappa shape index (κ2) is 4.73. The summed E-state index contributed by atoms with van der Waals surface area (Å²) in [5, 5.41) is 9.76. The van der Waals surface area contributed by atoms with E-state index in [0.717, 1.165) is 11.0 Å². The van der Waals surface area contributed by atoms with E-state index in [2.05, 4.69) is 6.58 Å². The molecule has 0 aliphatic heterocycles. The molecule has 0 bridgehead atoms. The van der Waals surface area contributed by atoms with Crippen LogP contribution in [0.4, 0.5) is 0 Å². The molecule has 0 spiro atoms. The van der Waals surface area contributed by atoms with E-state index >= 15 is 0 Å². The van der Waals surface area contributed by atoms with Crippen molar-refractivity contribution in [3.63, 3.8) is 0 Å². The normalized spacial score (nSPS) is 10.1. The van der Waals surface area contributed by atoms with Crippen LogP contribution in [0.1, 0.15) is 5.76 Å². The quantitative estimate of drug-likeness (QED) is 0.814. The molecule has 0 saturated carbocycles. The molecule has 1 aromatic heterocycles. The summed E-state index contributed by atoms with van der Waals surface area (Å²) in [5.74, 6) is 0.633. The molecule has 2 rings (SSSR count). The number of fused-ring (bicyclic) bond motifs is 1. The van der Waals surface area contributed by atoms with Crippen LogP contribution in [0.25, 0.3) is 11.0 Å². The number of nitrogens with zero attached hydrogens (tertiary/aromatic N) is 1. The zero-order chi connectivity index (χ0) is 12.3. The van der Waals surface area contributed by atoms with Gasteiger partial charge in [0.15, 0.2) is 5.75 Å². The Morgan fingerprint density at radius 2 is 2.24 bits per heavy atom. The van der Waals surface area contributed by atoms with Gasteiger partial charge in [-0.2, -0.15) is 5.26 Å². The van der Waals surface area contributed by atoms with Crippen LogP contribution in [0, 0.1) is 11.3 Å². The molecule has 0 unspecified atom stereocenters. The van der Waals surface area contributed by atoms with Crippen molar-refractivity contribution < 1.29 is 9.15 Å². The van der Waals surface area contributed by atoms with Gasteiger partial charge >= 0.3 is 0 Å². The molecule has 1 aromatic carbocycles. The molecule has 4 nitrogen and oxygen atoms in total. The largest absolute Gasteiger partial charge is 0.484 e. The summed E-state index contributed by atoms with van der Waals surface area (Å²) in [7, 11) is 0. The standard InChI is InChI=1S/C13H12N2O2/c1-9(6-14)8-16-13-10-4-2-3-5-11(10)17-12(13)7-15/h2-5H,1,6,8,14H2. The van der Waals surface area contributed by atoms with Crippen LogP contribution in [0.5, 0.6) is 5.75 Å². The number of furan rings is 1. The van der Waals surface area contributed by atoms with E-state index in [-0.39, 0.29) is 12.4 Å². The lowest BCUT2D eigenvalue weighted by Gasteiger charge is -2.05. The molecule has 17 heavy (non-hydrogen) atoms. The number of nitrogens with two attached hydrogens (primary N) is 1. The molecule has 0 amide bonds. The monoisotopic (exact) mass is 228 g/mol. The molecule has 86 valence electrons. The fraction of sp³-hybridized carbons (Fsp3) is 0.154. The molecule has 4 heteroatoms. The molecule has 2 aromatic rings. The molecule has 0 aliphatic rings. The maximum atomic E-state index is 8.97. The van der Waals surface area contributed by atoms with Crippen LogP contribution in [-0.4, -0.2) is 13.2 Å². The summed E-state index contributed by atoms with van der Waals surface area (Å²) in [6.07, 6.45) is 0. The topological polar surface area (TPSA) is 72.2 Å². The fourth-order valence-electron chi connectivity index (χ4n) is 1.47. The van der Waals surface area contributed by atoms with Gasteiger partial charge < -0.3 is 14.9 Å². The van der Waals surface area contributed by atoms with E-state index in [1.54, 1.807) is 6.07 Å². The van der Waals surface area contributed by atoms with Crippen LogP contribution < -0.4 is 10.5 Å². The molecule has 0 radical (unpaired) electrons. The second-order valence-corrected chi connectivity index (χ2v) is 3.61. The van der Waals surface area contributed by atoms with Crippen molar-refractivity contribution in [2.75, 3.05) is 13.2 Å². The first-order chi connectivity index (χ1) is 8.26. The maximum Gasteiger partial charge on any atom is 0.246 e. The Balaban J connectivity index is 2.37. The summed E-state index contributed by atoms with van der Waals surface area (Å²) in [6, 6.07) is 9.32. The third kappa shape index (κ3) is 2.14. The summed E-state index contributed by atoms with van der Waals surface area (Å²) in [5.41, 5.74) is 6.83. The van der Waals surface area contributed by atoms with Gasteiger partial charge in [-0.25, -0.2) is 0 Å². The first kappa shape index (κ1) is 11.2. The lowest BCUT2D eigenvalue weighted by atomic mass is 10.2. The minimum Gasteiger partial charge on any atom is -0.484 e. The van der Waals surface area contributed by atoms with Gasteiger partial charge in [-0.1, -0.05) is 18.7 Å². The third-order valence-corrected chi connectivity index (χ3v) is 2.36. The Labute approximate surface area is 98.9 Å². The van der Waals surface area contributed by atoms with Gasteiger partial charge in [-0.05, 0) is 17.7 Å². The van der Waals surface area contributed by atoms with Gasteiger partial charge in [-0.3, -0.25) is 0 Å². The Hall–Kier alpha value is -2.25. The highest BCUT2D eigenvalue weighted by Crippen LogP contribution is 2.32. The van der Waals surface area contributed by atoms with Crippen molar-refractivity contribution >= 4 is 11.0 Å². The minimum atomic E-state index is 0.177. The summed E-state index contributed by atoms with van der Waals surface area (Å²) in [4.78, 5) is 0. The average molecular weight is 228 g/mol. The third-order valence-electron chi connectivity index (χ3n) is 2.36. The van der Waals surface area contributed by atoms with Gasteiger partial charge in [0.2, 0.25) is 5.76 Å². The van der Waals surface area contributed by atoms with E-state index in [4.69, 9.17) is 20.1 Å². The van der Waals surface area contributed by atoms with Crippen molar-refractivity contribution in [2.24, 2.45) is 5.73 Å². The van der Waals surface area contributed by atoms with Crippen LogP contribution >= 0.6 is 0 Å². The molecular weight excluding hydrogens is 216 g/mol. The van der Waals surface area contributed by atoms with E-state index in [1.165, 1.54) is 0 Å². The molecule has 0 saturated heterocycles. The number of ether oxygens (including phenoxy) is 1. The molecular formula is C13H12N2O2. The Morgan fingerprint density at radius 3 is 2.94 bits per heavy atom. The molecule has 2 N–H and O–H groups in total. The number of hydrogen-bond acceptors (Lipinski definition) is 4. The summed E-state index contributed by atoms with van der Waals surface area (Å²) < 4.78 is 10.9. The lowest BCUT2D eigenvalue weighted by molar-refractivity contribution is 0.347. The SMILES string of the molecule is C=C(CN)COc1c(C#N)oc2ccccc12. The highest BCUT2D eigenvalue weighted by Gasteiger charge is 2.14. The molecule has 0 aliphatic carbocycles. The zero-order valence-corrected chi connectivity index (χ0v) is 9.27. The number of rotatable bonds is 4. The minimum absolute atomic E-state index is 0.177. The number of para-hydroxylation sites is 1. The van der Waals surface area contributed by atoms with Crippen molar-refractivity contribution in [3.05, 3.63) is 42.2 Å². The first-order valence-electron chi connectivity index (χ1n) is 5.17. The van der Waals surface area contributed by atoms with Crippen molar-refractivity contribution in [1.29, 1.82) is 5.26 Å². The van der Waals surface area contributed by atoms with E-state index in [1.807, 2.05) is 24.3 Å². The first-order valence-corrected chi connectivity index (χ1v) is 5.17. The smallest absolute Gasteiger partial charge is 0.246 e. The van der Waals surface area contributed by atoms with Gasteiger partial charge in [0.1, 0.15) is 18.3 Å². The van der Waals surface area contributed by atoms with E-state index in [0.29, 0.717) is 17.9 Å². The second-order valence-electron chi connectivity index (χ2n) is 3.61. The van der Waals surface area contributed by atoms with Gasteiger partial charge in [0, 0.05) is 6.54 Å². The maximum absolute atomic E-state index is 8.97. The van der Waals surface area contributed by atoms with Crippen molar-refractivity contribution in [1.82, 2.24) is 0 Å². The highest BCUT2D eigenvalue weighted by molar-refractivity contribution is 5.86. The number of nitriles is 1. The number of benzene rings is 1. The Kier molecular flexibility index (Phi) is 3.12. The number of hydrogen-bond donors (Lipinski definition) is 1. The molecule has 0 atom stereocenters. The van der Waals surface area contributed by atoms with Crippen molar-refractivity contribution in [3.8, 4) is 11.8 Å². The Bertz CT molecular complexity index is 593. The molecule has 0 fully saturated rings. The van der Waals surface area contributed by atoms with E-state index in [9.17, 15) is 0 Å². The predicted octanol–water partition coefficient (Wildman–Crippen LogP) is 2.20.